The normalized spacial score (nSPS) is 12.4. The van der Waals surface area contributed by atoms with E-state index in [1.165, 1.54) is 0 Å². The van der Waals surface area contributed by atoms with E-state index in [0.717, 1.165) is 17.9 Å². The molecule has 2 N–H and O–H groups in total. The number of ether oxygens (including phenoxy) is 1. The minimum absolute atomic E-state index is 0.00520. The number of amides is 1. The third-order valence-electron chi connectivity index (χ3n) is 2.60. The van der Waals surface area contributed by atoms with Crippen molar-refractivity contribution in [1.29, 1.82) is 0 Å². The highest BCUT2D eigenvalue weighted by molar-refractivity contribution is 5.81. The lowest BCUT2D eigenvalue weighted by atomic mass is 10.3. The number of nitrogens with one attached hydrogen (secondary N) is 2. The summed E-state index contributed by atoms with van der Waals surface area (Å²) in [7, 11) is 1.65. The van der Waals surface area contributed by atoms with Crippen molar-refractivity contribution in [2.45, 2.75) is 32.9 Å². The van der Waals surface area contributed by atoms with Gasteiger partial charge in [0.25, 0.3) is 0 Å². The first-order chi connectivity index (χ1) is 8.63. The summed E-state index contributed by atoms with van der Waals surface area (Å²) in [5, 5.41) is 5.96. The summed E-state index contributed by atoms with van der Waals surface area (Å²) in [6, 6.07) is 3.58. The number of aryl methyl sites for hydroxylation is 1. The summed E-state index contributed by atoms with van der Waals surface area (Å²) in [5.41, 5.74) is 0. The average Bonchev–Trinajstić information content (AvgIpc) is 2.77. The summed E-state index contributed by atoms with van der Waals surface area (Å²) in [4.78, 5) is 11.7. The number of hydrogen-bond donors (Lipinski definition) is 2. The maximum absolute atomic E-state index is 11.7. The van der Waals surface area contributed by atoms with E-state index < -0.39 is 0 Å². The molecule has 0 fully saturated rings. The van der Waals surface area contributed by atoms with Gasteiger partial charge in [-0.25, -0.2) is 0 Å². The van der Waals surface area contributed by atoms with Crippen molar-refractivity contribution in [2.24, 2.45) is 0 Å². The van der Waals surface area contributed by atoms with Crippen LogP contribution in [0.15, 0.2) is 16.5 Å². The molecule has 1 heterocycles. The molecule has 0 aliphatic heterocycles. The first kappa shape index (κ1) is 14.7. The molecule has 0 saturated carbocycles. The Labute approximate surface area is 108 Å². The van der Waals surface area contributed by atoms with Crippen LogP contribution in [0.5, 0.6) is 0 Å². The van der Waals surface area contributed by atoms with Crippen LogP contribution in [-0.4, -0.2) is 32.2 Å². The third kappa shape index (κ3) is 5.33. The Bertz CT molecular complexity index is 363. The van der Waals surface area contributed by atoms with Crippen molar-refractivity contribution in [2.75, 3.05) is 20.3 Å². The molecule has 0 aliphatic rings. The summed E-state index contributed by atoms with van der Waals surface area (Å²) in [5.74, 6) is 1.71. The van der Waals surface area contributed by atoms with Crippen molar-refractivity contribution in [3.05, 3.63) is 23.7 Å². The van der Waals surface area contributed by atoms with E-state index in [9.17, 15) is 4.79 Å². The van der Waals surface area contributed by atoms with Gasteiger partial charge in [0.1, 0.15) is 11.5 Å². The fourth-order valence-corrected chi connectivity index (χ4v) is 1.51. The smallest absolute Gasteiger partial charge is 0.236 e. The van der Waals surface area contributed by atoms with Gasteiger partial charge in [-0.2, -0.15) is 0 Å². The van der Waals surface area contributed by atoms with Gasteiger partial charge < -0.3 is 14.5 Å². The molecular weight excluding hydrogens is 232 g/mol. The van der Waals surface area contributed by atoms with Crippen LogP contribution in [0.2, 0.25) is 0 Å². The first-order valence-electron chi connectivity index (χ1n) is 6.19. The van der Waals surface area contributed by atoms with Crippen LogP contribution in [0, 0.1) is 6.92 Å². The Morgan fingerprint density at radius 2 is 2.28 bits per heavy atom. The van der Waals surface area contributed by atoms with Crippen LogP contribution in [0.25, 0.3) is 0 Å². The molecule has 0 saturated heterocycles. The monoisotopic (exact) mass is 254 g/mol. The van der Waals surface area contributed by atoms with E-state index in [-0.39, 0.29) is 11.9 Å². The van der Waals surface area contributed by atoms with Crippen LogP contribution in [0.3, 0.4) is 0 Å². The average molecular weight is 254 g/mol. The molecule has 5 heteroatoms. The predicted molar refractivity (Wildman–Crippen MR) is 69.2 cm³/mol. The predicted octanol–water partition coefficient (Wildman–Crippen LogP) is 1.22. The number of furan rings is 1. The molecule has 102 valence electrons. The molecule has 1 rings (SSSR count). The lowest BCUT2D eigenvalue weighted by Crippen LogP contribution is -2.42. The fraction of sp³-hybridized carbons (Fsp3) is 0.615. The molecule has 0 aromatic carbocycles. The second-order valence-corrected chi connectivity index (χ2v) is 4.25. The maximum atomic E-state index is 11.7. The van der Waals surface area contributed by atoms with Crippen molar-refractivity contribution in [3.8, 4) is 0 Å². The van der Waals surface area contributed by atoms with Crippen molar-refractivity contribution in [1.82, 2.24) is 10.6 Å². The van der Waals surface area contributed by atoms with Crippen molar-refractivity contribution in [3.63, 3.8) is 0 Å². The highest BCUT2D eigenvalue weighted by Crippen LogP contribution is 2.05. The Hall–Kier alpha value is -1.33. The lowest BCUT2D eigenvalue weighted by Gasteiger charge is -2.13. The van der Waals surface area contributed by atoms with Gasteiger partial charge in [0.15, 0.2) is 0 Å². The Balaban J connectivity index is 2.19. The molecule has 1 amide bonds. The minimum atomic E-state index is -0.238. The summed E-state index contributed by atoms with van der Waals surface area (Å²) >= 11 is 0. The highest BCUT2D eigenvalue weighted by Gasteiger charge is 2.11. The zero-order chi connectivity index (χ0) is 13.4. The number of rotatable bonds is 8. The van der Waals surface area contributed by atoms with E-state index in [2.05, 4.69) is 10.6 Å². The van der Waals surface area contributed by atoms with Crippen molar-refractivity contribution < 1.29 is 13.9 Å². The van der Waals surface area contributed by atoms with Gasteiger partial charge in [-0.05, 0) is 32.4 Å². The van der Waals surface area contributed by atoms with E-state index in [4.69, 9.17) is 9.15 Å². The number of methoxy groups -OCH3 is 1. The SMILES string of the molecule is COCCCNC(=O)C(C)NCc1ccc(C)o1. The van der Waals surface area contributed by atoms with Crippen LogP contribution in [0.4, 0.5) is 0 Å². The Morgan fingerprint density at radius 3 is 2.89 bits per heavy atom. The van der Waals surface area contributed by atoms with Crippen LogP contribution >= 0.6 is 0 Å². The van der Waals surface area contributed by atoms with E-state index in [1.807, 2.05) is 26.0 Å². The van der Waals surface area contributed by atoms with Crippen LogP contribution in [0.1, 0.15) is 24.9 Å². The quantitative estimate of drug-likeness (QED) is 0.685. The molecule has 0 radical (unpaired) electrons. The molecule has 0 bridgehead atoms. The fourth-order valence-electron chi connectivity index (χ4n) is 1.51. The Kier molecular flexibility index (Phi) is 6.46. The lowest BCUT2D eigenvalue weighted by molar-refractivity contribution is -0.122. The van der Waals surface area contributed by atoms with Gasteiger partial charge in [-0.3, -0.25) is 10.1 Å². The van der Waals surface area contributed by atoms with Crippen molar-refractivity contribution >= 4 is 5.91 Å². The molecular formula is C13H22N2O3. The topological polar surface area (TPSA) is 63.5 Å². The van der Waals surface area contributed by atoms with Crippen LogP contribution in [-0.2, 0) is 16.1 Å². The highest BCUT2D eigenvalue weighted by atomic mass is 16.5. The number of carbonyl (C=O) groups excluding carboxylic acids is 1. The zero-order valence-corrected chi connectivity index (χ0v) is 11.3. The molecule has 0 spiro atoms. The molecule has 1 aromatic rings. The zero-order valence-electron chi connectivity index (χ0n) is 11.3. The minimum Gasteiger partial charge on any atom is -0.465 e. The van der Waals surface area contributed by atoms with E-state index in [0.29, 0.717) is 19.7 Å². The maximum Gasteiger partial charge on any atom is 0.236 e. The van der Waals surface area contributed by atoms with Gasteiger partial charge in [-0.1, -0.05) is 0 Å². The van der Waals surface area contributed by atoms with Crippen LogP contribution < -0.4 is 10.6 Å². The second-order valence-electron chi connectivity index (χ2n) is 4.25. The summed E-state index contributed by atoms with van der Waals surface area (Å²) < 4.78 is 10.3. The summed E-state index contributed by atoms with van der Waals surface area (Å²) in [6.07, 6.45) is 0.826. The standard InChI is InChI=1S/C13H22N2O3/c1-10-5-6-12(18-10)9-15-11(2)13(16)14-7-4-8-17-3/h5-6,11,15H,4,7-9H2,1-3H3,(H,14,16). The molecule has 1 aromatic heterocycles. The van der Waals surface area contributed by atoms with E-state index >= 15 is 0 Å². The van der Waals surface area contributed by atoms with Gasteiger partial charge in [0.2, 0.25) is 5.91 Å². The molecule has 5 nitrogen and oxygen atoms in total. The molecule has 1 atom stereocenters. The molecule has 18 heavy (non-hydrogen) atoms. The van der Waals surface area contributed by atoms with Gasteiger partial charge >= 0.3 is 0 Å². The molecule has 0 aliphatic carbocycles. The molecule has 1 unspecified atom stereocenters. The van der Waals surface area contributed by atoms with E-state index in [1.54, 1.807) is 7.11 Å². The van der Waals surface area contributed by atoms with Gasteiger partial charge in [0.05, 0.1) is 12.6 Å². The third-order valence-corrected chi connectivity index (χ3v) is 2.60. The first-order valence-corrected chi connectivity index (χ1v) is 6.19. The summed E-state index contributed by atoms with van der Waals surface area (Å²) in [6.45, 7) is 5.59. The van der Waals surface area contributed by atoms with Gasteiger partial charge in [-0.15, -0.1) is 0 Å². The Morgan fingerprint density at radius 1 is 1.50 bits per heavy atom. The number of hydrogen-bond acceptors (Lipinski definition) is 4. The largest absolute Gasteiger partial charge is 0.465 e. The van der Waals surface area contributed by atoms with Gasteiger partial charge in [0, 0.05) is 20.3 Å². The second kappa shape index (κ2) is 7.89. The number of carbonyl (C=O) groups is 1.